The van der Waals surface area contributed by atoms with Crippen molar-refractivity contribution >= 4 is 17.5 Å². The zero-order chi connectivity index (χ0) is 27.4. The molecule has 0 saturated carbocycles. The third-order valence-electron chi connectivity index (χ3n) is 6.99. The fourth-order valence-electron chi connectivity index (χ4n) is 4.82. The van der Waals surface area contributed by atoms with Gasteiger partial charge < -0.3 is 19.5 Å². The van der Waals surface area contributed by atoms with Gasteiger partial charge in [0.15, 0.2) is 6.10 Å². The Bertz CT molecular complexity index is 1250. The molecule has 9 heteroatoms. The van der Waals surface area contributed by atoms with Crippen molar-refractivity contribution in [3.63, 3.8) is 0 Å². The minimum absolute atomic E-state index is 0.169. The highest BCUT2D eigenvalue weighted by Gasteiger charge is 2.38. The lowest BCUT2D eigenvalue weighted by molar-refractivity contribution is -0.138. The Labute approximate surface area is 220 Å². The number of piperidine rings is 1. The van der Waals surface area contributed by atoms with Crippen molar-refractivity contribution in [1.29, 1.82) is 0 Å². The average molecular weight is 528 g/mol. The molecule has 1 aliphatic rings. The molecule has 0 aliphatic carbocycles. The van der Waals surface area contributed by atoms with Crippen LogP contribution in [0.5, 0.6) is 0 Å². The largest absolute Gasteiger partial charge is 0.418 e. The average Bonchev–Trinajstić information content (AvgIpc) is 3.37. The summed E-state index contributed by atoms with van der Waals surface area (Å²) in [6, 6.07) is 16.6. The zero-order valence-electron chi connectivity index (χ0n) is 21.7. The van der Waals surface area contributed by atoms with Crippen LogP contribution < -0.4 is 5.32 Å². The number of rotatable bonds is 7. The van der Waals surface area contributed by atoms with E-state index in [4.69, 9.17) is 4.74 Å². The maximum Gasteiger partial charge on any atom is 0.418 e. The Hall–Kier alpha value is -3.59. The molecule has 2 aromatic carbocycles. The third-order valence-corrected chi connectivity index (χ3v) is 6.99. The summed E-state index contributed by atoms with van der Waals surface area (Å²) >= 11 is 0. The fraction of sp³-hybridized carbons (Fsp3) is 0.379. The topological polar surface area (TPSA) is 63.6 Å². The summed E-state index contributed by atoms with van der Waals surface area (Å²) in [6.07, 6.45) is -1.72. The summed E-state index contributed by atoms with van der Waals surface area (Å²) in [5.74, 6) is -0.690. The van der Waals surface area contributed by atoms with Crippen LogP contribution in [0.1, 0.15) is 71.8 Å². The van der Waals surface area contributed by atoms with Gasteiger partial charge in [0.25, 0.3) is 11.8 Å². The Balaban J connectivity index is 1.37. The number of carbonyl (C=O) groups is 2. The first-order valence-electron chi connectivity index (χ1n) is 12.6. The Kier molecular flexibility index (Phi) is 8.26. The van der Waals surface area contributed by atoms with Gasteiger partial charge in [0, 0.05) is 44.3 Å². The number of benzene rings is 2. The van der Waals surface area contributed by atoms with Gasteiger partial charge in [-0.25, -0.2) is 0 Å². The van der Waals surface area contributed by atoms with E-state index in [9.17, 15) is 22.8 Å². The molecule has 4 rings (SSSR count). The van der Waals surface area contributed by atoms with Crippen LogP contribution in [0.2, 0.25) is 0 Å². The second-order valence-electron chi connectivity index (χ2n) is 9.83. The molecule has 0 unspecified atom stereocenters. The highest BCUT2D eigenvalue weighted by atomic mass is 19.4. The van der Waals surface area contributed by atoms with Crippen LogP contribution in [-0.4, -0.2) is 41.5 Å². The lowest BCUT2D eigenvalue weighted by Gasteiger charge is -2.32. The van der Waals surface area contributed by atoms with E-state index in [-0.39, 0.29) is 23.4 Å². The molecule has 1 N–H and O–H groups in total. The van der Waals surface area contributed by atoms with Crippen LogP contribution in [0, 0.1) is 0 Å². The van der Waals surface area contributed by atoms with Crippen molar-refractivity contribution in [2.45, 2.75) is 50.9 Å². The normalized spacial score (nSPS) is 15.5. The smallest absolute Gasteiger partial charge is 0.367 e. The Morgan fingerprint density at radius 3 is 2.16 bits per heavy atom. The first kappa shape index (κ1) is 27.4. The number of alkyl halides is 3. The number of likely N-dealkylation sites (tertiary alicyclic amines) is 1. The van der Waals surface area contributed by atoms with Crippen LogP contribution in [0.25, 0.3) is 0 Å². The Morgan fingerprint density at radius 1 is 0.974 bits per heavy atom. The van der Waals surface area contributed by atoms with Gasteiger partial charge in [-0.3, -0.25) is 9.59 Å². The number of hydrogen-bond acceptors (Lipinski definition) is 3. The van der Waals surface area contributed by atoms with Gasteiger partial charge in [0.1, 0.15) is 0 Å². The number of ether oxygens (including phenoxy) is 1. The number of methoxy groups -OCH3 is 1. The van der Waals surface area contributed by atoms with E-state index in [1.54, 1.807) is 13.8 Å². The van der Waals surface area contributed by atoms with Gasteiger partial charge in [0.05, 0.1) is 11.1 Å². The van der Waals surface area contributed by atoms with E-state index >= 15 is 0 Å². The predicted octanol–water partition coefficient (Wildman–Crippen LogP) is 6.43. The van der Waals surface area contributed by atoms with Crippen molar-refractivity contribution in [2.24, 2.45) is 0 Å². The van der Waals surface area contributed by atoms with Crippen molar-refractivity contribution in [3.05, 3.63) is 89.2 Å². The zero-order valence-corrected chi connectivity index (χ0v) is 21.7. The van der Waals surface area contributed by atoms with Gasteiger partial charge in [-0.05, 0) is 55.9 Å². The van der Waals surface area contributed by atoms with Crippen molar-refractivity contribution in [1.82, 2.24) is 9.47 Å². The number of amides is 2. The number of nitrogens with one attached hydrogen (secondary N) is 1. The first-order valence-corrected chi connectivity index (χ1v) is 12.6. The molecule has 38 heavy (non-hydrogen) atoms. The van der Waals surface area contributed by atoms with Crippen LogP contribution in [0.15, 0.2) is 67.0 Å². The molecule has 1 saturated heterocycles. The molecule has 6 nitrogen and oxygen atoms in total. The number of aromatic nitrogens is 1. The van der Waals surface area contributed by atoms with E-state index in [1.165, 1.54) is 22.8 Å². The van der Waals surface area contributed by atoms with Crippen LogP contribution in [0.3, 0.4) is 0 Å². The monoisotopic (exact) mass is 527 g/mol. The molecule has 0 radical (unpaired) electrons. The van der Waals surface area contributed by atoms with E-state index in [0.717, 1.165) is 17.3 Å². The van der Waals surface area contributed by atoms with Crippen molar-refractivity contribution < 1.29 is 27.5 Å². The van der Waals surface area contributed by atoms with Crippen LogP contribution >= 0.6 is 0 Å². The molecule has 1 atom stereocenters. The SMILES string of the molecule is CO[C@H](C(=O)Nc1ccc(C2CCN(C(=O)c3cn(C(C)C)cc3C(F)(F)F)CC2)cc1)c1ccccc1. The molecule has 0 bridgehead atoms. The lowest BCUT2D eigenvalue weighted by Crippen LogP contribution is -2.38. The number of halogens is 3. The molecule has 202 valence electrons. The number of hydrogen-bond donors (Lipinski definition) is 1. The summed E-state index contributed by atoms with van der Waals surface area (Å²) in [4.78, 5) is 27.3. The van der Waals surface area contributed by atoms with Crippen molar-refractivity contribution in [2.75, 3.05) is 25.5 Å². The molecular formula is C29H32F3N3O3. The summed E-state index contributed by atoms with van der Waals surface area (Å²) in [7, 11) is 1.49. The fourth-order valence-corrected chi connectivity index (χ4v) is 4.82. The Morgan fingerprint density at radius 2 is 1.61 bits per heavy atom. The molecule has 2 amide bonds. The highest BCUT2D eigenvalue weighted by Crippen LogP contribution is 2.35. The standard InChI is InChI=1S/C29H32F3N3O3/c1-19(2)35-17-24(25(18-35)29(30,31)32)28(37)34-15-13-21(14-16-34)20-9-11-23(12-10-20)33-27(36)26(38-3)22-7-5-4-6-8-22/h4-12,17-19,21,26H,13-16H2,1-3H3,(H,33,36)/t26-/m0/s1. The highest BCUT2D eigenvalue weighted by molar-refractivity contribution is 5.96. The van der Waals surface area contributed by atoms with Gasteiger partial charge >= 0.3 is 6.18 Å². The van der Waals surface area contributed by atoms with Crippen LogP contribution in [-0.2, 0) is 15.7 Å². The minimum Gasteiger partial charge on any atom is -0.367 e. The maximum absolute atomic E-state index is 13.6. The molecule has 1 aromatic heterocycles. The first-order chi connectivity index (χ1) is 18.1. The van der Waals surface area contributed by atoms with E-state index in [0.29, 0.717) is 31.6 Å². The number of nitrogens with zero attached hydrogens (tertiary/aromatic N) is 2. The van der Waals surface area contributed by atoms with Gasteiger partial charge in [0.2, 0.25) is 0 Å². The predicted molar refractivity (Wildman–Crippen MR) is 139 cm³/mol. The molecule has 0 spiro atoms. The number of anilines is 1. The molecular weight excluding hydrogens is 495 g/mol. The second kappa shape index (κ2) is 11.4. The van der Waals surface area contributed by atoms with Crippen molar-refractivity contribution in [3.8, 4) is 0 Å². The second-order valence-corrected chi connectivity index (χ2v) is 9.83. The number of carbonyl (C=O) groups excluding carboxylic acids is 2. The maximum atomic E-state index is 13.6. The van der Waals surface area contributed by atoms with Gasteiger partial charge in [-0.1, -0.05) is 42.5 Å². The van der Waals surface area contributed by atoms with E-state index < -0.39 is 23.8 Å². The molecule has 3 aromatic rings. The third kappa shape index (κ3) is 6.10. The summed E-state index contributed by atoms with van der Waals surface area (Å²) in [5.41, 5.74) is 1.27. The van der Waals surface area contributed by atoms with Gasteiger partial charge in [-0.15, -0.1) is 0 Å². The summed E-state index contributed by atoms with van der Waals surface area (Å²) in [6.45, 7) is 4.29. The summed E-state index contributed by atoms with van der Waals surface area (Å²) < 4.78 is 47.6. The molecule has 2 heterocycles. The molecule has 1 fully saturated rings. The van der Waals surface area contributed by atoms with Gasteiger partial charge in [-0.2, -0.15) is 13.2 Å². The lowest BCUT2D eigenvalue weighted by atomic mass is 9.89. The molecule has 1 aliphatic heterocycles. The minimum atomic E-state index is -4.59. The van der Waals surface area contributed by atoms with Crippen LogP contribution in [0.4, 0.5) is 18.9 Å². The quantitative estimate of drug-likeness (QED) is 0.385. The van der Waals surface area contributed by atoms with E-state index in [1.807, 2.05) is 54.6 Å². The summed E-state index contributed by atoms with van der Waals surface area (Å²) in [5, 5.41) is 2.88. The van der Waals surface area contributed by atoms with E-state index in [2.05, 4.69) is 5.32 Å².